The molecule has 0 saturated heterocycles. The van der Waals surface area contributed by atoms with Crippen molar-refractivity contribution in [2.24, 2.45) is 0 Å². The molecule has 3 rings (SSSR count). The van der Waals surface area contributed by atoms with E-state index in [9.17, 15) is 13.2 Å². The number of nitrogens with zero attached hydrogens (tertiary/aromatic N) is 1. The summed E-state index contributed by atoms with van der Waals surface area (Å²) in [7, 11) is -3.58. The zero-order valence-corrected chi connectivity index (χ0v) is 18.4. The number of anilines is 1. The maximum Gasteiger partial charge on any atom is 0.255 e. The van der Waals surface area contributed by atoms with Crippen LogP contribution in [0.4, 0.5) is 5.69 Å². The van der Waals surface area contributed by atoms with E-state index in [1.165, 1.54) is 4.31 Å². The van der Waals surface area contributed by atoms with Crippen LogP contribution in [0.3, 0.4) is 0 Å². The molecule has 0 aliphatic rings. The van der Waals surface area contributed by atoms with Crippen molar-refractivity contribution in [2.75, 3.05) is 11.9 Å². The number of hydrogen-bond donors (Lipinski definition) is 1. The minimum atomic E-state index is -3.58. The number of nitrogens with one attached hydrogen (secondary N) is 1. The maximum atomic E-state index is 12.9. The molecule has 5 nitrogen and oxygen atoms in total. The quantitative estimate of drug-likeness (QED) is 0.552. The van der Waals surface area contributed by atoms with Gasteiger partial charge in [0.1, 0.15) is 0 Å². The fourth-order valence-electron chi connectivity index (χ4n) is 3.01. The van der Waals surface area contributed by atoms with Gasteiger partial charge in [0.25, 0.3) is 5.91 Å². The molecule has 0 bridgehead atoms. The van der Waals surface area contributed by atoms with Gasteiger partial charge in [-0.05, 0) is 54.4 Å². The van der Waals surface area contributed by atoms with E-state index < -0.39 is 10.0 Å². The molecule has 0 radical (unpaired) electrons. The third-order valence-corrected chi connectivity index (χ3v) is 7.17. The van der Waals surface area contributed by atoms with Gasteiger partial charge >= 0.3 is 0 Å². The number of carbonyl (C=O) groups is 1. The molecule has 0 unspecified atom stereocenters. The molecule has 156 valence electrons. The predicted octanol–water partition coefficient (Wildman–Crippen LogP) is 5.11. The Labute approximate surface area is 182 Å². The number of rotatable bonds is 7. The summed E-state index contributed by atoms with van der Waals surface area (Å²) in [5.74, 6) is -0.254. The molecule has 7 heteroatoms. The van der Waals surface area contributed by atoms with Crippen molar-refractivity contribution < 1.29 is 13.2 Å². The van der Waals surface area contributed by atoms with Gasteiger partial charge in [0.2, 0.25) is 10.0 Å². The smallest absolute Gasteiger partial charge is 0.255 e. The first-order valence-corrected chi connectivity index (χ1v) is 11.4. The molecule has 3 aromatic rings. The topological polar surface area (TPSA) is 66.5 Å². The van der Waals surface area contributed by atoms with Crippen LogP contribution in [0.5, 0.6) is 0 Å². The highest BCUT2D eigenvalue weighted by Crippen LogP contribution is 2.24. The van der Waals surface area contributed by atoms with Crippen molar-refractivity contribution in [1.82, 2.24) is 4.31 Å². The van der Waals surface area contributed by atoms with Crippen LogP contribution in [-0.2, 0) is 16.6 Å². The van der Waals surface area contributed by atoms with E-state index in [1.807, 2.05) is 6.92 Å². The van der Waals surface area contributed by atoms with E-state index in [0.29, 0.717) is 22.8 Å². The van der Waals surface area contributed by atoms with E-state index in [0.717, 1.165) is 11.1 Å². The fraction of sp³-hybridized carbons (Fsp3) is 0.174. The molecule has 3 aromatic carbocycles. The van der Waals surface area contributed by atoms with Crippen LogP contribution in [-0.4, -0.2) is 25.2 Å². The number of benzene rings is 3. The van der Waals surface area contributed by atoms with E-state index in [2.05, 4.69) is 5.32 Å². The number of halogens is 1. The molecule has 0 saturated carbocycles. The van der Waals surface area contributed by atoms with Crippen LogP contribution in [0.1, 0.15) is 28.4 Å². The Balaban J connectivity index is 1.73. The summed E-state index contributed by atoms with van der Waals surface area (Å²) in [5, 5.41) is 3.44. The Morgan fingerprint density at radius 2 is 1.63 bits per heavy atom. The third kappa shape index (κ3) is 4.90. The van der Waals surface area contributed by atoms with E-state index in [-0.39, 0.29) is 17.3 Å². The van der Waals surface area contributed by atoms with Crippen LogP contribution in [0, 0.1) is 6.92 Å². The second kappa shape index (κ2) is 9.43. The van der Waals surface area contributed by atoms with Crippen molar-refractivity contribution in [2.45, 2.75) is 25.3 Å². The summed E-state index contributed by atoms with van der Waals surface area (Å²) in [6, 6.07) is 20.6. The van der Waals surface area contributed by atoms with Gasteiger partial charge in [0.15, 0.2) is 0 Å². The fourth-order valence-corrected chi connectivity index (χ4v) is 4.64. The molecule has 30 heavy (non-hydrogen) atoms. The molecule has 0 aliphatic carbocycles. The van der Waals surface area contributed by atoms with Gasteiger partial charge in [0.05, 0.1) is 4.90 Å². The lowest BCUT2D eigenvalue weighted by Gasteiger charge is -2.20. The van der Waals surface area contributed by atoms with Crippen LogP contribution in [0.2, 0.25) is 5.02 Å². The lowest BCUT2D eigenvalue weighted by molar-refractivity contribution is 0.102. The molecule has 0 aromatic heterocycles. The van der Waals surface area contributed by atoms with Crippen molar-refractivity contribution in [3.05, 3.63) is 94.5 Å². The lowest BCUT2D eigenvalue weighted by Crippen LogP contribution is -2.30. The Kier molecular flexibility index (Phi) is 6.92. The van der Waals surface area contributed by atoms with Crippen molar-refractivity contribution >= 4 is 33.2 Å². The zero-order valence-electron chi connectivity index (χ0n) is 16.8. The predicted molar refractivity (Wildman–Crippen MR) is 120 cm³/mol. The highest BCUT2D eigenvalue weighted by atomic mass is 35.5. The Hall–Kier alpha value is -2.67. The summed E-state index contributed by atoms with van der Waals surface area (Å²) in [6.45, 7) is 4.21. The number of amides is 1. The second-order valence-corrected chi connectivity index (χ2v) is 9.15. The molecule has 1 amide bonds. The van der Waals surface area contributed by atoms with Crippen LogP contribution in [0.15, 0.2) is 77.7 Å². The highest BCUT2D eigenvalue weighted by Gasteiger charge is 2.23. The lowest BCUT2D eigenvalue weighted by atomic mass is 10.1. The van der Waals surface area contributed by atoms with E-state index in [1.54, 1.807) is 79.7 Å². The van der Waals surface area contributed by atoms with Gasteiger partial charge in [-0.15, -0.1) is 0 Å². The monoisotopic (exact) mass is 442 g/mol. The molecule has 0 fully saturated rings. The summed E-state index contributed by atoms with van der Waals surface area (Å²) < 4.78 is 27.1. The zero-order chi connectivity index (χ0) is 21.7. The van der Waals surface area contributed by atoms with E-state index >= 15 is 0 Å². The third-order valence-electron chi connectivity index (χ3n) is 4.82. The average molecular weight is 443 g/mol. The average Bonchev–Trinajstić information content (AvgIpc) is 2.76. The first-order valence-electron chi connectivity index (χ1n) is 9.53. The first-order chi connectivity index (χ1) is 14.3. The molecular formula is C23H23ClN2O3S. The summed E-state index contributed by atoms with van der Waals surface area (Å²) >= 11 is 6.10. The standard InChI is InChI=1S/C23H23ClN2O3S/c1-3-26(30(28,29)20-8-5-4-6-9-20)16-18-12-14-19(15-13-18)23(27)25-22-11-7-10-21(24)17(22)2/h4-15H,3,16H2,1-2H3,(H,25,27). The van der Waals surface area contributed by atoms with Gasteiger partial charge in [-0.25, -0.2) is 8.42 Å². The number of carbonyl (C=O) groups excluding carboxylic acids is 1. The van der Waals surface area contributed by atoms with Crippen LogP contribution >= 0.6 is 11.6 Å². The number of sulfonamides is 1. The molecule has 0 atom stereocenters. The van der Waals surface area contributed by atoms with Crippen molar-refractivity contribution in [3.63, 3.8) is 0 Å². The van der Waals surface area contributed by atoms with Gasteiger partial charge in [0, 0.05) is 29.4 Å². The van der Waals surface area contributed by atoms with Crippen LogP contribution in [0.25, 0.3) is 0 Å². The van der Waals surface area contributed by atoms with Crippen molar-refractivity contribution in [3.8, 4) is 0 Å². The Morgan fingerprint density at radius 1 is 0.967 bits per heavy atom. The summed E-state index contributed by atoms with van der Waals surface area (Å²) in [6.07, 6.45) is 0. The first kappa shape index (κ1) is 22.0. The maximum absolute atomic E-state index is 12.9. The largest absolute Gasteiger partial charge is 0.322 e. The molecule has 0 heterocycles. The highest BCUT2D eigenvalue weighted by molar-refractivity contribution is 7.89. The molecule has 1 N–H and O–H groups in total. The summed E-state index contributed by atoms with van der Waals surface area (Å²) in [5.41, 5.74) is 2.73. The molecule has 0 spiro atoms. The van der Waals surface area contributed by atoms with Gasteiger partial charge in [-0.1, -0.05) is 54.9 Å². The minimum Gasteiger partial charge on any atom is -0.322 e. The summed E-state index contributed by atoms with van der Waals surface area (Å²) in [4.78, 5) is 12.8. The van der Waals surface area contributed by atoms with Crippen molar-refractivity contribution in [1.29, 1.82) is 0 Å². The second-order valence-electron chi connectivity index (χ2n) is 6.81. The van der Waals surface area contributed by atoms with Gasteiger partial charge < -0.3 is 5.32 Å². The van der Waals surface area contributed by atoms with Gasteiger partial charge in [-0.3, -0.25) is 4.79 Å². The Bertz CT molecular complexity index is 1130. The van der Waals surface area contributed by atoms with E-state index in [4.69, 9.17) is 11.6 Å². The normalized spacial score (nSPS) is 11.5. The van der Waals surface area contributed by atoms with Gasteiger partial charge in [-0.2, -0.15) is 4.31 Å². The number of hydrogen-bond acceptors (Lipinski definition) is 3. The van der Waals surface area contributed by atoms with Crippen LogP contribution < -0.4 is 5.32 Å². The molecular weight excluding hydrogens is 420 g/mol. The molecule has 0 aliphatic heterocycles. The minimum absolute atomic E-state index is 0.225. The SMILES string of the molecule is CCN(Cc1ccc(C(=O)Nc2cccc(Cl)c2C)cc1)S(=O)(=O)c1ccccc1. The Morgan fingerprint density at radius 3 is 2.27 bits per heavy atom.